The van der Waals surface area contributed by atoms with Crippen LogP contribution in [0.5, 0.6) is 0 Å². The molecule has 19 heteroatoms. The third-order valence-corrected chi connectivity index (χ3v) is 18.6. The van der Waals surface area contributed by atoms with Gasteiger partial charge in [-0.05, 0) is 37.5 Å². The predicted octanol–water partition coefficient (Wildman–Crippen LogP) is 19.6. The lowest BCUT2D eigenvalue weighted by molar-refractivity contribution is -0.161. The maximum absolute atomic E-state index is 13.0. The van der Waals surface area contributed by atoms with Crippen LogP contribution in [0.3, 0.4) is 0 Å². The van der Waals surface area contributed by atoms with Crippen molar-refractivity contribution in [2.24, 2.45) is 11.8 Å². The fourth-order valence-corrected chi connectivity index (χ4v) is 11.9. The van der Waals surface area contributed by atoms with Crippen LogP contribution in [0.15, 0.2) is 0 Å². The fourth-order valence-electron chi connectivity index (χ4n) is 10.4. The summed E-state index contributed by atoms with van der Waals surface area (Å²) in [6, 6.07) is 0. The normalized spacial score (nSPS) is 14.8. The van der Waals surface area contributed by atoms with E-state index in [1.807, 2.05) is 0 Å². The summed E-state index contributed by atoms with van der Waals surface area (Å²) >= 11 is 0. The summed E-state index contributed by atoms with van der Waals surface area (Å²) in [6.45, 7) is 9.49. The molecule has 0 saturated heterocycles. The zero-order valence-electron chi connectivity index (χ0n) is 57.0. The third kappa shape index (κ3) is 60.3. The molecular formula is C69H134O17P2. The van der Waals surface area contributed by atoms with Crippen LogP contribution >= 0.6 is 15.6 Å². The van der Waals surface area contributed by atoms with Gasteiger partial charge < -0.3 is 33.8 Å². The average Bonchev–Trinajstić information content (AvgIpc) is 3.61. The molecule has 0 fully saturated rings. The Morgan fingerprint density at radius 2 is 0.545 bits per heavy atom. The average molecular weight is 1300 g/mol. The van der Waals surface area contributed by atoms with E-state index in [2.05, 4.69) is 41.5 Å². The van der Waals surface area contributed by atoms with Crippen LogP contribution < -0.4 is 0 Å². The van der Waals surface area contributed by atoms with Crippen molar-refractivity contribution in [1.29, 1.82) is 0 Å². The lowest BCUT2D eigenvalue weighted by Gasteiger charge is -2.21. The van der Waals surface area contributed by atoms with Crippen molar-refractivity contribution in [3.63, 3.8) is 0 Å². The first-order valence-corrected chi connectivity index (χ1v) is 39.1. The summed E-state index contributed by atoms with van der Waals surface area (Å²) < 4.78 is 67.9. The second-order valence-corrected chi connectivity index (χ2v) is 28.3. The highest BCUT2D eigenvalue weighted by atomic mass is 31.2. The first-order chi connectivity index (χ1) is 42.4. The Hall–Kier alpha value is -1.94. The van der Waals surface area contributed by atoms with E-state index in [-0.39, 0.29) is 25.7 Å². The van der Waals surface area contributed by atoms with Crippen LogP contribution in [0.4, 0.5) is 0 Å². The monoisotopic (exact) mass is 1300 g/mol. The highest BCUT2D eigenvalue weighted by Gasteiger charge is 2.30. The van der Waals surface area contributed by atoms with E-state index in [1.54, 1.807) is 0 Å². The quantitative estimate of drug-likeness (QED) is 0.0222. The van der Waals surface area contributed by atoms with Gasteiger partial charge in [-0.15, -0.1) is 0 Å². The summed E-state index contributed by atoms with van der Waals surface area (Å²) in [5.41, 5.74) is 0. The number of hydrogen-bond acceptors (Lipinski definition) is 15. The second-order valence-electron chi connectivity index (χ2n) is 25.4. The molecule has 0 heterocycles. The van der Waals surface area contributed by atoms with Gasteiger partial charge in [0.25, 0.3) is 0 Å². The Balaban J connectivity index is 5.07. The molecule has 0 amide bonds. The Labute approximate surface area is 537 Å². The number of rotatable bonds is 68. The number of phosphoric ester groups is 2. The van der Waals surface area contributed by atoms with Gasteiger partial charge in [0.15, 0.2) is 12.2 Å². The van der Waals surface area contributed by atoms with Gasteiger partial charge in [0.05, 0.1) is 26.4 Å². The summed E-state index contributed by atoms with van der Waals surface area (Å²) in [6.07, 6.45) is 46.4. The van der Waals surface area contributed by atoms with Crippen molar-refractivity contribution in [2.75, 3.05) is 39.6 Å². The van der Waals surface area contributed by atoms with Crippen LogP contribution in [-0.2, 0) is 65.4 Å². The fraction of sp³-hybridized carbons (Fsp3) is 0.942. The molecule has 0 aliphatic heterocycles. The number of hydrogen-bond donors (Lipinski definition) is 3. The summed E-state index contributed by atoms with van der Waals surface area (Å²) in [4.78, 5) is 72.0. The van der Waals surface area contributed by atoms with Gasteiger partial charge in [0, 0.05) is 25.7 Å². The molecule has 0 bridgehead atoms. The van der Waals surface area contributed by atoms with E-state index in [0.717, 1.165) is 121 Å². The molecule has 0 radical (unpaired) electrons. The number of esters is 4. The lowest BCUT2D eigenvalue weighted by atomic mass is 9.99. The molecule has 0 aromatic rings. The molecule has 0 aliphatic rings. The van der Waals surface area contributed by atoms with Gasteiger partial charge in [-0.1, -0.05) is 298 Å². The minimum atomic E-state index is -4.95. The Kier molecular flexibility index (Phi) is 59.9. The molecule has 0 aliphatic carbocycles. The number of carbonyl (C=O) groups excluding carboxylic acids is 4. The van der Waals surface area contributed by atoms with Crippen molar-refractivity contribution in [3.05, 3.63) is 0 Å². The first kappa shape index (κ1) is 86.1. The van der Waals surface area contributed by atoms with Crippen LogP contribution in [0.2, 0.25) is 0 Å². The number of carbonyl (C=O) groups is 4. The Bertz CT molecular complexity index is 1720. The topological polar surface area (TPSA) is 237 Å². The third-order valence-electron chi connectivity index (χ3n) is 16.7. The molecule has 0 spiro atoms. The molecule has 0 aromatic heterocycles. The number of ether oxygens (including phenoxy) is 4. The molecule has 4 unspecified atom stereocenters. The molecule has 88 heavy (non-hydrogen) atoms. The van der Waals surface area contributed by atoms with Crippen molar-refractivity contribution in [3.8, 4) is 0 Å². The smallest absolute Gasteiger partial charge is 0.462 e. The largest absolute Gasteiger partial charge is 0.472 e. The number of unbranched alkanes of at least 4 members (excludes halogenated alkanes) is 36. The summed E-state index contributed by atoms with van der Waals surface area (Å²) in [5, 5.41) is 10.5. The molecule has 3 N–H and O–H groups in total. The molecule has 0 rings (SSSR count). The highest BCUT2D eigenvalue weighted by molar-refractivity contribution is 7.47. The van der Waals surface area contributed by atoms with Crippen molar-refractivity contribution in [1.82, 2.24) is 0 Å². The maximum Gasteiger partial charge on any atom is 0.472 e. The predicted molar refractivity (Wildman–Crippen MR) is 354 cm³/mol. The molecule has 17 nitrogen and oxygen atoms in total. The van der Waals surface area contributed by atoms with Gasteiger partial charge in [0.1, 0.15) is 19.3 Å². The van der Waals surface area contributed by atoms with Crippen LogP contribution in [0.25, 0.3) is 0 Å². The Morgan fingerprint density at radius 3 is 0.807 bits per heavy atom. The van der Waals surface area contributed by atoms with E-state index in [4.69, 9.17) is 37.0 Å². The lowest BCUT2D eigenvalue weighted by Crippen LogP contribution is -2.30. The highest BCUT2D eigenvalue weighted by Crippen LogP contribution is 2.45. The van der Waals surface area contributed by atoms with Crippen LogP contribution in [0, 0.1) is 11.8 Å². The summed E-state index contributed by atoms with van der Waals surface area (Å²) in [7, 11) is -9.88. The van der Waals surface area contributed by atoms with Gasteiger partial charge >= 0.3 is 39.5 Å². The number of phosphoric acid groups is 2. The standard InChI is InChI=1S/C69H134O17P2/c1-7-11-13-15-32-41-47-53-68(73)85-64(57-79-66(71)51-45-37-14-12-8-2)59-83-87(75,76)81-55-63(70)56-82-88(77,78)84-60-65(58-80-67(72)52-46-40-35-30-27-26-29-34-39-44-50-62(6)10-4)86-69(74)54-48-42-36-31-25-23-21-19-17-16-18-20-22-24-28-33-38-43-49-61(5)9-3/h61-65,70H,7-60H2,1-6H3,(H,75,76)(H,77,78)/t61?,62?,63-,64+,65+/m0/s1. The van der Waals surface area contributed by atoms with E-state index in [9.17, 15) is 43.2 Å². The molecule has 0 saturated carbocycles. The SMILES string of the molecule is CCCCCCCCCC(=O)O[C@H](COC(=O)CCCCCCC)COP(=O)(O)OC[C@H](O)COP(=O)(O)OC[C@@H](COC(=O)CCCCCCCCCCCCC(C)CC)OC(=O)CCCCCCCCCCCCCCCCCCCCC(C)CC. The van der Waals surface area contributed by atoms with Crippen molar-refractivity contribution < 1.29 is 80.2 Å². The van der Waals surface area contributed by atoms with E-state index < -0.39 is 97.5 Å². The molecular weight excluding hydrogens is 1160 g/mol. The van der Waals surface area contributed by atoms with E-state index >= 15 is 0 Å². The molecule has 7 atom stereocenters. The minimum Gasteiger partial charge on any atom is -0.462 e. The summed E-state index contributed by atoms with van der Waals surface area (Å²) in [5.74, 6) is -0.462. The van der Waals surface area contributed by atoms with Gasteiger partial charge in [-0.2, -0.15) is 0 Å². The van der Waals surface area contributed by atoms with Crippen LogP contribution in [0.1, 0.15) is 350 Å². The zero-order valence-corrected chi connectivity index (χ0v) is 58.8. The second kappa shape index (κ2) is 61.3. The minimum absolute atomic E-state index is 0.103. The van der Waals surface area contributed by atoms with Crippen molar-refractivity contribution in [2.45, 2.75) is 368 Å². The van der Waals surface area contributed by atoms with E-state index in [1.165, 1.54) is 148 Å². The molecule has 522 valence electrons. The Morgan fingerprint density at radius 1 is 0.318 bits per heavy atom. The molecule has 0 aromatic carbocycles. The first-order valence-electron chi connectivity index (χ1n) is 36.1. The van der Waals surface area contributed by atoms with Gasteiger partial charge in [-0.25, -0.2) is 9.13 Å². The van der Waals surface area contributed by atoms with Gasteiger partial charge in [0.2, 0.25) is 0 Å². The van der Waals surface area contributed by atoms with Crippen molar-refractivity contribution >= 4 is 39.5 Å². The maximum atomic E-state index is 13.0. The van der Waals surface area contributed by atoms with Gasteiger partial charge in [-0.3, -0.25) is 37.3 Å². The number of aliphatic hydroxyl groups excluding tert-OH is 1. The van der Waals surface area contributed by atoms with E-state index in [0.29, 0.717) is 25.7 Å². The van der Waals surface area contributed by atoms with Crippen LogP contribution in [-0.4, -0.2) is 96.7 Å². The number of aliphatic hydroxyl groups is 1. The zero-order chi connectivity index (χ0) is 65.0.